The molecule has 3 N–H and O–H groups in total. The summed E-state index contributed by atoms with van der Waals surface area (Å²) < 4.78 is 5.24. The minimum absolute atomic E-state index is 0.137. The first-order chi connectivity index (χ1) is 10.1. The van der Waals surface area contributed by atoms with Gasteiger partial charge in [-0.1, -0.05) is 25.1 Å². The summed E-state index contributed by atoms with van der Waals surface area (Å²) in [6.45, 7) is 7.80. The third kappa shape index (κ3) is 4.36. The number of hydrogen-bond acceptors (Lipinski definition) is 4. The minimum Gasteiger partial charge on any atom is -0.409 e. The SMILES string of the molecule is CCC(CC)N(CCOC)c1cc(C)ccc1C(N)=NO. The monoisotopic (exact) mass is 293 g/mol. The van der Waals surface area contributed by atoms with Gasteiger partial charge in [-0.3, -0.25) is 0 Å². The lowest BCUT2D eigenvalue weighted by atomic mass is 10.0. The lowest BCUT2D eigenvalue weighted by Gasteiger charge is -2.34. The van der Waals surface area contributed by atoms with Crippen LogP contribution in [0.4, 0.5) is 5.69 Å². The van der Waals surface area contributed by atoms with E-state index in [0.717, 1.165) is 36.2 Å². The lowest BCUT2D eigenvalue weighted by Crippen LogP contribution is -2.38. The molecular weight excluding hydrogens is 266 g/mol. The number of anilines is 1. The van der Waals surface area contributed by atoms with Crippen molar-refractivity contribution in [1.29, 1.82) is 0 Å². The molecule has 0 heterocycles. The van der Waals surface area contributed by atoms with Gasteiger partial charge in [-0.05, 0) is 37.5 Å². The van der Waals surface area contributed by atoms with Gasteiger partial charge in [0.2, 0.25) is 0 Å². The van der Waals surface area contributed by atoms with Crippen molar-refractivity contribution in [1.82, 2.24) is 0 Å². The maximum atomic E-state index is 9.01. The Hall–Kier alpha value is -1.75. The van der Waals surface area contributed by atoms with Crippen molar-refractivity contribution >= 4 is 11.5 Å². The Morgan fingerprint density at radius 2 is 2.05 bits per heavy atom. The standard InChI is InChI=1S/C16H27N3O2/c1-5-13(6-2)19(9-10-21-4)15-11-12(3)7-8-14(15)16(17)18-20/h7-8,11,13,20H,5-6,9-10H2,1-4H3,(H2,17,18). The number of hydrogen-bond donors (Lipinski definition) is 2. The average molecular weight is 293 g/mol. The molecule has 0 bridgehead atoms. The molecule has 1 rings (SSSR count). The Kier molecular flexibility index (Phi) is 7.02. The molecule has 0 unspecified atom stereocenters. The van der Waals surface area contributed by atoms with Crippen LogP contribution in [0.3, 0.4) is 0 Å². The summed E-state index contributed by atoms with van der Waals surface area (Å²) >= 11 is 0. The van der Waals surface area contributed by atoms with Gasteiger partial charge in [-0.2, -0.15) is 0 Å². The first kappa shape index (κ1) is 17.3. The topological polar surface area (TPSA) is 71.1 Å². The van der Waals surface area contributed by atoms with Crippen LogP contribution in [-0.4, -0.2) is 37.3 Å². The van der Waals surface area contributed by atoms with Crippen LogP contribution in [-0.2, 0) is 4.74 Å². The van der Waals surface area contributed by atoms with Crippen molar-refractivity contribution in [2.45, 2.75) is 39.7 Å². The van der Waals surface area contributed by atoms with E-state index in [1.54, 1.807) is 7.11 Å². The highest BCUT2D eigenvalue weighted by Crippen LogP contribution is 2.26. The first-order valence-corrected chi connectivity index (χ1v) is 7.43. The highest BCUT2D eigenvalue weighted by molar-refractivity contribution is 6.02. The Balaban J connectivity index is 3.30. The molecular formula is C16H27N3O2. The number of methoxy groups -OCH3 is 1. The Morgan fingerprint density at radius 3 is 2.57 bits per heavy atom. The van der Waals surface area contributed by atoms with E-state index in [2.05, 4.69) is 30.0 Å². The normalized spacial score (nSPS) is 12.0. The molecule has 21 heavy (non-hydrogen) atoms. The smallest absolute Gasteiger partial charge is 0.172 e. The fourth-order valence-corrected chi connectivity index (χ4v) is 2.57. The second-order valence-electron chi connectivity index (χ2n) is 5.16. The van der Waals surface area contributed by atoms with E-state index < -0.39 is 0 Å². The fourth-order valence-electron chi connectivity index (χ4n) is 2.57. The maximum Gasteiger partial charge on any atom is 0.172 e. The quantitative estimate of drug-likeness (QED) is 0.334. The minimum atomic E-state index is 0.137. The van der Waals surface area contributed by atoms with Crippen LogP contribution in [0.2, 0.25) is 0 Å². The molecule has 5 nitrogen and oxygen atoms in total. The third-order valence-electron chi connectivity index (χ3n) is 3.77. The van der Waals surface area contributed by atoms with Gasteiger partial charge < -0.3 is 20.6 Å². The van der Waals surface area contributed by atoms with Crippen molar-refractivity contribution in [3.05, 3.63) is 29.3 Å². The molecule has 5 heteroatoms. The molecule has 0 amide bonds. The molecule has 0 aliphatic carbocycles. The van der Waals surface area contributed by atoms with Crippen LogP contribution in [0.1, 0.15) is 37.8 Å². The second kappa shape index (κ2) is 8.52. The van der Waals surface area contributed by atoms with Gasteiger partial charge in [0.25, 0.3) is 0 Å². The van der Waals surface area contributed by atoms with Crippen molar-refractivity contribution in [2.24, 2.45) is 10.9 Å². The summed E-state index contributed by atoms with van der Waals surface area (Å²) in [4.78, 5) is 2.30. The fraction of sp³-hybridized carbons (Fsp3) is 0.562. The molecule has 0 aliphatic heterocycles. The Labute approximate surface area is 127 Å². The van der Waals surface area contributed by atoms with E-state index in [9.17, 15) is 0 Å². The zero-order valence-electron chi connectivity index (χ0n) is 13.5. The second-order valence-corrected chi connectivity index (χ2v) is 5.16. The number of rotatable bonds is 8. The van der Waals surface area contributed by atoms with Crippen LogP contribution >= 0.6 is 0 Å². The highest BCUT2D eigenvalue weighted by atomic mass is 16.5. The zero-order chi connectivity index (χ0) is 15.8. The van der Waals surface area contributed by atoms with Gasteiger partial charge in [0.05, 0.1) is 6.61 Å². The van der Waals surface area contributed by atoms with Crippen molar-refractivity contribution in [3.8, 4) is 0 Å². The summed E-state index contributed by atoms with van der Waals surface area (Å²) in [5, 5.41) is 12.2. The van der Waals surface area contributed by atoms with Crippen LogP contribution in [0.25, 0.3) is 0 Å². The van der Waals surface area contributed by atoms with Gasteiger partial charge in [0.15, 0.2) is 5.84 Å². The summed E-state index contributed by atoms with van der Waals surface area (Å²) in [6.07, 6.45) is 2.06. The predicted octanol–water partition coefficient (Wildman–Crippen LogP) is 2.73. The predicted molar refractivity (Wildman–Crippen MR) is 87.3 cm³/mol. The van der Waals surface area contributed by atoms with Crippen LogP contribution in [0.15, 0.2) is 23.4 Å². The largest absolute Gasteiger partial charge is 0.409 e. The van der Waals surface area contributed by atoms with E-state index in [-0.39, 0.29) is 5.84 Å². The van der Waals surface area contributed by atoms with Crippen LogP contribution in [0.5, 0.6) is 0 Å². The molecule has 118 valence electrons. The summed E-state index contributed by atoms with van der Waals surface area (Å²) in [5.74, 6) is 0.137. The number of oxime groups is 1. The summed E-state index contributed by atoms with van der Waals surface area (Å²) in [5.41, 5.74) is 8.73. The lowest BCUT2D eigenvalue weighted by molar-refractivity contribution is 0.202. The van der Waals surface area contributed by atoms with Crippen molar-refractivity contribution in [3.63, 3.8) is 0 Å². The summed E-state index contributed by atoms with van der Waals surface area (Å²) in [6, 6.07) is 6.36. The van der Waals surface area contributed by atoms with E-state index in [0.29, 0.717) is 12.6 Å². The molecule has 0 saturated carbocycles. The van der Waals surface area contributed by atoms with Gasteiger partial charge >= 0.3 is 0 Å². The van der Waals surface area contributed by atoms with Crippen molar-refractivity contribution in [2.75, 3.05) is 25.2 Å². The van der Waals surface area contributed by atoms with Gasteiger partial charge in [-0.15, -0.1) is 0 Å². The molecule has 1 aromatic rings. The summed E-state index contributed by atoms with van der Waals surface area (Å²) in [7, 11) is 1.70. The molecule has 0 aliphatic rings. The van der Waals surface area contributed by atoms with Crippen LogP contribution < -0.4 is 10.6 Å². The average Bonchev–Trinajstić information content (AvgIpc) is 2.50. The molecule has 0 radical (unpaired) electrons. The van der Waals surface area contributed by atoms with E-state index in [1.807, 2.05) is 19.1 Å². The van der Waals surface area contributed by atoms with E-state index in [1.165, 1.54) is 0 Å². The Morgan fingerprint density at radius 1 is 1.38 bits per heavy atom. The number of aryl methyl sites for hydroxylation is 1. The number of ether oxygens (including phenoxy) is 1. The number of amidine groups is 1. The maximum absolute atomic E-state index is 9.01. The Bertz CT molecular complexity index is 471. The first-order valence-electron chi connectivity index (χ1n) is 7.43. The highest BCUT2D eigenvalue weighted by Gasteiger charge is 2.20. The van der Waals surface area contributed by atoms with Gasteiger partial charge in [-0.25, -0.2) is 0 Å². The molecule has 0 fully saturated rings. The van der Waals surface area contributed by atoms with Gasteiger partial charge in [0.1, 0.15) is 0 Å². The zero-order valence-corrected chi connectivity index (χ0v) is 13.5. The molecule has 1 aromatic carbocycles. The molecule has 0 spiro atoms. The number of benzene rings is 1. The van der Waals surface area contributed by atoms with E-state index >= 15 is 0 Å². The molecule has 0 saturated heterocycles. The van der Waals surface area contributed by atoms with Crippen LogP contribution in [0, 0.1) is 6.92 Å². The van der Waals surface area contributed by atoms with E-state index in [4.69, 9.17) is 15.7 Å². The van der Waals surface area contributed by atoms with Crippen molar-refractivity contribution < 1.29 is 9.94 Å². The number of nitrogens with two attached hydrogens (primary N) is 1. The number of nitrogens with zero attached hydrogens (tertiary/aromatic N) is 2. The third-order valence-corrected chi connectivity index (χ3v) is 3.77. The van der Waals surface area contributed by atoms with Gasteiger partial charge in [0, 0.05) is 30.9 Å². The molecule has 0 atom stereocenters. The molecule has 0 aromatic heterocycles.